The molecule has 1 saturated heterocycles. The summed E-state index contributed by atoms with van der Waals surface area (Å²) in [5.74, 6) is -1.09. The number of nitrogens with one attached hydrogen (secondary N) is 1. The van der Waals surface area contributed by atoms with Crippen molar-refractivity contribution in [2.75, 3.05) is 7.11 Å². The first kappa shape index (κ1) is 17.5. The van der Waals surface area contributed by atoms with E-state index < -0.39 is 16.8 Å². The zero-order valence-corrected chi connectivity index (χ0v) is 14.7. The average Bonchev–Trinajstić information content (AvgIpc) is 2.94. The van der Waals surface area contributed by atoms with Gasteiger partial charge in [0.25, 0.3) is 0 Å². The molecule has 0 spiro atoms. The third-order valence-electron chi connectivity index (χ3n) is 4.25. The molecule has 1 fully saturated rings. The SMILES string of the molecule is COC(=O)C1(Sc2ccc(C)cc2)CC(=O)NC1c1ccc(F)cc1. The van der Waals surface area contributed by atoms with Gasteiger partial charge in [0.15, 0.2) is 4.75 Å². The Morgan fingerprint density at radius 1 is 1.20 bits per heavy atom. The van der Waals surface area contributed by atoms with Gasteiger partial charge in [0.1, 0.15) is 5.82 Å². The molecule has 4 nitrogen and oxygen atoms in total. The van der Waals surface area contributed by atoms with E-state index in [1.165, 1.54) is 31.0 Å². The number of thioether (sulfide) groups is 1. The molecule has 1 aliphatic heterocycles. The summed E-state index contributed by atoms with van der Waals surface area (Å²) >= 11 is 1.30. The van der Waals surface area contributed by atoms with Gasteiger partial charge in [-0.2, -0.15) is 0 Å². The molecule has 0 aliphatic carbocycles. The third kappa shape index (κ3) is 3.39. The number of carbonyl (C=O) groups is 2. The van der Waals surface area contributed by atoms with Gasteiger partial charge in [0.05, 0.1) is 19.6 Å². The molecule has 1 amide bonds. The van der Waals surface area contributed by atoms with Gasteiger partial charge in [-0.15, -0.1) is 11.8 Å². The fourth-order valence-electron chi connectivity index (χ4n) is 2.99. The molecule has 1 heterocycles. The van der Waals surface area contributed by atoms with Crippen molar-refractivity contribution in [1.29, 1.82) is 0 Å². The van der Waals surface area contributed by atoms with Crippen LogP contribution in [0.2, 0.25) is 0 Å². The van der Waals surface area contributed by atoms with E-state index in [2.05, 4.69) is 5.32 Å². The number of ether oxygens (including phenoxy) is 1. The maximum Gasteiger partial charge on any atom is 0.325 e. The Hall–Kier alpha value is -2.34. The van der Waals surface area contributed by atoms with Crippen molar-refractivity contribution in [2.24, 2.45) is 0 Å². The highest BCUT2D eigenvalue weighted by Crippen LogP contribution is 2.49. The molecule has 2 aromatic carbocycles. The van der Waals surface area contributed by atoms with Crippen LogP contribution in [0.3, 0.4) is 0 Å². The number of esters is 1. The van der Waals surface area contributed by atoms with Gasteiger partial charge in [-0.25, -0.2) is 4.39 Å². The van der Waals surface area contributed by atoms with E-state index in [0.29, 0.717) is 5.56 Å². The Morgan fingerprint density at radius 2 is 1.84 bits per heavy atom. The van der Waals surface area contributed by atoms with E-state index in [1.807, 2.05) is 31.2 Å². The van der Waals surface area contributed by atoms with Crippen LogP contribution in [-0.2, 0) is 14.3 Å². The lowest BCUT2D eigenvalue weighted by atomic mass is 9.93. The molecule has 25 heavy (non-hydrogen) atoms. The monoisotopic (exact) mass is 359 g/mol. The fraction of sp³-hybridized carbons (Fsp3) is 0.263. The second kappa shape index (κ2) is 6.88. The van der Waals surface area contributed by atoms with Crippen LogP contribution in [0.5, 0.6) is 0 Å². The van der Waals surface area contributed by atoms with Crippen molar-refractivity contribution >= 4 is 23.6 Å². The van der Waals surface area contributed by atoms with Crippen LogP contribution in [0.4, 0.5) is 4.39 Å². The van der Waals surface area contributed by atoms with E-state index in [4.69, 9.17) is 4.74 Å². The van der Waals surface area contributed by atoms with Crippen molar-refractivity contribution in [1.82, 2.24) is 5.32 Å². The highest BCUT2D eigenvalue weighted by atomic mass is 32.2. The van der Waals surface area contributed by atoms with Gasteiger partial charge in [0, 0.05) is 4.90 Å². The van der Waals surface area contributed by atoms with Gasteiger partial charge in [-0.05, 0) is 36.8 Å². The molecule has 1 aliphatic rings. The number of halogens is 1. The van der Waals surface area contributed by atoms with E-state index in [1.54, 1.807) is 12.1 Å². The van der Waals surface area contributed by atoms with E-state index in [-0.39, 0.29) is 18.1 Å². The first-order valence-corrected chi connectivity index (χ1v) is 8.65. The van der Waals surface area contributed by atoms with Crippen LogP contribution in [0, 0.1) is 12.7 Å². The highest BCUT2D eigenvalue weighted by molar-refractivity contribution is 8.01. The molecule has 0 aromatic heterocycles. The first-order valence-electron chi connectivity index (χ1n) is 7.83. The van der Waals surface area contributed by atoms with Crippen molar-refractivity contribution in [3.63, 3.8) is 0 Å². The van der Waals surface area contributed by atoms with Crippen LogP contribution in [0.25, 0.3) is 0 Å². The molecule has 1 N–H and O–H groups in total. The Morgan fingerprint density at radius 3 is 2.44 bits per heavy atom. The zero-order chi connectivity index (χ0) is 18.0. The van der Waals surface area contributed by atoms with Crippen LogP contribution >= 0.6 is 11.8 Å². The van der Waals surface area contributed by atoms with Crippen molar-refractivity contribution in [2.45, 2.75) is 29.0 Å². The number of hydrogen-bond acceptors (Lipinski definition) is 4. The molecule has 2 atom stereocenters. The fourth-order valence-corrected chi connectivity index (χ4v) is 4.37. The highest BCUT2D eigenvalue weighted by Gasteiger charge is 2.55. The van der Waals surface area contributed by atoms with E-state index >= 15 is 0 Å². The van der Waals surface area contributed by atoms with Gasteiger partial charge >= 0.3 is 5.97 Å². The maximum absolute atomic E-state index is 13.3. The van der Waals surface area contributed by atoms with E-state index in [9.17, 15) is 14.0 Å². The Labute approximate surface area is 149 Å². The number of hydrogen-bond donors (Lipinski definition) is 1. The second-order valence-electron chi connectivity index (χ2n) is 6.03. The topological polar surface area (TPSA) is 55.4 Å². The molecule has 0 bridgehead atoms. The molecule has 0 radical (unpaired) electrons. The second-order valence-corrected chi connectivity index (χ2v) is 7.43. The number of carbonyl (C=O) groups excluding carboxylic acids is 2. The molecule has 2 unspecified atom stereocenters. The summed E-state index contributed by atoms with van der Waals surface area (Å²) in [6, 6.07) is 12.9. The lowest BCUT2D eigenvalue weighted by Crippen LogP contribution is -2.41. The predicted octanol–water partition coefficient (Wildman–Crippen LogP) is 3.40. The average molecular weight is 359 g/mol. The summed E-state index contributed by atoms with van der Waals surface area (Å²) in [6.45, 7) is 1.98. The minimum absolute atomic E-state index is 0.000257. The minimum Gasteiger partial charge on any atom is -0.468 e. The summed E-state index contributed by atoms with van der Waals surface area (Å²) in [5, 5.41) is 2.84. The van der Waals surface area contributed by atoms with Crippen LogP contribution in [0.1, 0.15) is 23.6 Å². The van der Waals surface area contributed by atoms with Crippen molar-refractivity contribution in [3.05, 3.63) is 65.5 Å². The molecular weight excluding hydrogens is 341 g/mol. The normalized spacial score (nSPS) is 22.5. The minimum atomic E-state index is -1.14. The largest absolute Gasteiger partial charge is 0.468 e. The van der Waals surface area contributed by atoms with Crippen molar-refractivity contribution < 1.29 is 18.7 Å². The number of methoxy groups -OCH3 is 1. The third-order valence-corrected chi connectivity index (χ3v) is 5.67. The Bertz CT molecular complexity index is 791. The van der Waals surface area contributed by atoms with Crippen LogP contribution in [0.15, 0.2) is 53.4 Å². The predicted molar refractivity (Wildman–Crippen MR) is 93.7 cm³/mol. The van der Waals surface area contributed by atoms with Gasteiger partial charge < -0.3 is 10.1 Å². The van der Waals surface area contributed by atoms with E-state index in [0.717, 1.165) is 10.5 Å². The number of rotatable bonds is 4. The van der Waals surface area contributed by atoms with Gasteiger partial charge in [0.2, 0.25) is 5.91 Å². The number of benzene rings is 2. The lowest BCUT2D eigenvalue weighted by molar-refractivity contribution is -0.144. The molecule has 2 aromatic rings. The summed E-state index contributed by atoms with van der Waals surface area (Å²) in [6.07, 6.45) is 0.000257. The number of amides is 1. The van der Waals surface area contributed by atoms with Crippen LogP contribution in [-0.4, -0.2) is 23.7 Å². The number of aryl methyl sites for hydroxylation is 1. The first-order chi connectivity index (χ1) is 11.9. The Kier molecular flexibility index (Phi) is 4.81. The molecule has 130 valence electrons. The molecule has 6 heteroatoms. The van der Waals surface area contributed by atoms with Gasteiger partial charge in [-0.1, -0.05) is 29.8 Å². The quantitative estimate of drug-likeness (QED) is 0.850. The summed E-state index contributed by atoms with van der Waals surface area (Å²) in [4.78, 5) is 25.7. The summed E-state index contributed by atoms with van der Waals surface area (Å²) in [7, 11) is 1.31. The molecular formula is C19H18FNO3S. The molecule has 0 saturated carbocycles. The Balaban J connectivity index is 2.04. The maximum atomic E-state index is 13.3. The molecule has 3 rings (SSSR count). The van der Waals surface area contributed by atoms with Gasteiger partial charge in [-0.3, -0.25) is 9.59 Å². The zero-order valence-electron chi connectivity index (χ0n) is 13.9. The lowest BCUT2D eigenvalue weighted by Gasteiger charge is -2.31. The van der Waals surface area contributed by atoms with Crippen molar-refractivity contribution in [3.8, 4) is 0 Å². The standard InChI is InChI=1S/C19H18FNO3S/c1-12-3-9-15(10-4-12)25-19(18(23)24-2)11-16(22)21-17(19)13-5-7-14(20)8-6-13/h3-10,17H,11H2,1-2H3,(H,21,22). The smallest absolute Gasteiger partial charge is 0.325 e. The summed E-state index contributed by atoms with van der Waals surface area (Å²) < 4.78 is 17.2. The van der Waals surface area contributed by atoms with Crippen LogP contribution < -0.4 is 5.32 Å². The summed E-state index contributed by atoms with van der Waals surface area (Å²) in [5.41, 5.74) is 1.77.